The summed E-state index contributed by atoms with van der Waals surface area (Å²) in [6, 6.07) is 7.15. The van der Waals surface area contributed by atoms with Crippen LogP contribution >= 0.6 is 23.2 Å². The van der Waals surface area contributed by atoms with Crippen LogP contribution in [0.1, 0.15) is 25.0 Å². The molecule has 1 aromatic heterocycles. The van der Waals surface area contributed by atoms with Crippen molar-refractivity contribution < 1.29 is 27.0 Å². The van der Waals surface area contributed by atoms with Crippen molar-refractivity contribution >= 4 is 33.2 Å². The van der Waals surface area contributed by atoms with Gasteiger partial charge < -0.3 is 9.84 Å². The highest BCUT2D eigenvalue weighted by atomic mass is 35.5. The highest BCUT2D eigenvalue weighted by Gasteiger charge is 2.33. The normalized spacial score (nSPS) is 17.3. The first-order valence-electron chi connectivity index (χ1n) is 10.3. The van der Waals surface area contributed by atoms with Crippen molar-refractivity contribution in [3.63, 3.8) is 0 Å². The Hall–Kier alpha value is -3.51. The van der Waals surface area contributed by atoms with E-state index in [1.807, 2.05) is 6.07 Å². The van der Waals surface area contributed by atoms with E-state index in [2.05, 4.69) is 9.82 Å². The quantitative estimate of drug-likeness (QED) is 0.387. The third-order valence-electron chi connectivity index (χ3n) is 5.37. The molecule has 0 spiro atoms. The molecule has 37 heavy (non-hydrogen) atoms. The number of halogens is 4. The number of aromatic amines is 1. The summed E-state index contributed by atoms with van der Waals surface area (Å²) in [5.74, 6) is -1.07. The minimum absolute atomic E-state index is 0.0856. The molecule has 1 aliphatic carbocycles. The number of aromatic nitrogens is 3. The number of ether oxygens (including phenoxy) is 1. The molecule has 1 aliphatic rings. The molecule has 1 fully saturated rings. The predicted octanol–water partition coefficient (Wildman–Crippen LogP) is 3.24. The maximum Gasteiger partial charge on any atom is 0.349 e. The molecule has 0 amide bonds. The molecule has 4 rings (SSSR count). The summed E-state index contributed by atoms with van der Waals surface area (Å²) in [4.78, 5) is 24.9. The van der Waals surface area contributed by atoms with Crippen LogP contribution < -0.4 is 20.7 Å². The fraction of sp³-hybridized carbons (Fsp3) is 0.238. The summed E-state index contributed by atoms with van der Waals surface area (Å²) in [6.45, 7) is 0. The Kier molecular flexibility index (Phi) is 7.24. The first-order chi connectivity index (χ1) is 17.4. The Bertz CT molecular complexity index is 1630. The lowest BCUT2D eigenvalue weighted by atomic mass is 9.82. The molecule has 1 saturated carbocycles. The van der Waals surface area contributed by atoms with Crippen molar-refractivity contribution in [3.05, 3.63) is 66.9 Å². The fourth-order valence-electron chi connectivity index (χ4n) is 3.49. The van der Waals surface area contributed by atoms with Gasteiger partial charge in [0.25, 0.3) is 12.0 Å². The molecule has 1 heterocycles. The van der Waals surface area contributed by atoms with Crippen LogP contribution in [0.5, 0.6) is 17.2 Å². The third-order valence-corrected chi connectivity index (χ3v) is 7.48. The molecule has 0 radical (unpaired) electrons. The van der Waals surface area contributed by atoms with Gasteiger partial charge in [0.2, 0.25) is 10.0 Å². The molecule has 0 bridgehead atoms. The summed E-state index contributed by atoms with van der Waals surface area (Å²) in [5.41, 5.74) is -3.82. The minimum Gasteiger partial charge on any atom is -0.507 e. The summed E-state index contributed by atoms with van der Waals surface area (Å²) in [6.07, 6.45) is -2.57. The zero-order valence-electron chi connectivity index (χ0n) is 18.3. The summed E-state index contributed by atoms with van der Waals surface area (Å²) < 4.78 is 60.1. The number of phenols is 1. The van der Waals surface area contributed by atoms with Gasteiger partial charge in [0.1, 0.15) is 16.4 Å². The predicted molar refractivity (Wildman–Crippen MR) is 126 cm³/mol. The SMILES string of the molecule is N#C[C@H]1C[C@@H](NS(=O)(=O)c2cc(Oc3c(Cl)cc(-n4nc(C(F)F)c(=O)[nH]c4=O)cc3Cl)ccc2O)C1. The second-order valence-corrected chi connectivity index (χ2v) is 10.4. The molecule has 0 atom stereocenters. The number of alkyl halides is 2. The first-order valence-corrected chi connectivity index (χ1v) is 12.6. The highest BCUT2D eigenvalue weighted by Crippen LogP contribution is 2.39. The van der Waals surface area contributed by atoms with Crippen LogP contribution in [0.4, 0.5) is 8.78 Å². The number of hydrogen-bond acceptors (Lipinski definition) is 8. The van der Waals surface area contributed by atoms with Crippen LogP contribution in [0.25, 0.3) is 5.69 Å². The van der Waals surface area contributed by atoms with Crippen LogP contribution in [0.15, 0.2) is 44.8 Å². The fourth-order valence-corrected chi connectivity index (χ4v) is 5.42. The van der Waals surface area contributed by atoms with Crippen molar-refractivity contribution in [3.8, 4) is 29.0 Å². The zero-order valence-corrected chi connectivity index (χ0v) is 20.6. The monoisotopic (exact) mass is 573 g/mol. The third kappa shape index (κ3) is 5.44. The van der Waals surface area contributed by atoms with E-state index >= 15 is 0 Å². The maximum absolute atomic E-state index is 13.0. The van der Waals surface area contributed by atoms with E-state index in [1.54, 1.807) is 4.98 Å². The van der Waals surface area contributed by atoms with Gasteiger partial charge in [-0.25, -0.2) is 26.7 Å². The number of nitrogens with zero attached hydrogens (tertiary/aromatic N) is 3. The Morgan fingerprint density at radius 2 is 1.86 bits per heavy atom. The Morgan fingerprint density at radius 1 is 1.22 bits per heavy atom. The maximum atomic E-state index is 13.0. The van der Waals surface area contributed by atoms with E-state index in [0.717, 1.165) is 24.3 Å². The van der Waals surface area contributed by atoms with Crippen molar-refractivity contribution in [1.29, 1.82) is 5.26 Å². The number of sulfonamides is 1. The standard InChI is InChI=1S/C21H15Cl2F2N5O6S/c22-13-5-11(30-21(33)27-20(32)17(28-30)19(24)25)6-14(23)18(13)36-12-1-2-15(31)16(7-12)37(34,35)29-10-3-9(4-10)8-26/h1-2,5-7,9-10,19,29,31H,3-4H2,(H,27,32,33)/t9-,10+. The van der Waals surface area contributed by atoms with Crippen LogP contribution in [-0.2, 0) is 10.0 Å². The first kappa shape index (κ1) is 26.6. The van der Waals surface area contributed by atoms with Crippen LogP contribution in [0.2, 0.25) is 10.0 Å². The van der Waals surface area contributed by atoms with Crippen LogP contribution in [0, 0.1) is 17.2 Å². The van der Waals surface area contributed by atoms with Crippen molar-refractivity contribution in [2.75, 3.05) is 0 Å². The summed E-state index contributed by atoms with van der Waals surface area (Å²) in [7, 11) is -4.17. The summed E-state index contributed by atoms with van der Waals surface area (Å²) in [5, 5.41) is 21.9. The lowest BCUT2D eigenvalue weighted by Crippen LogP contribution is -2.43. The molecule has 0 saturated heterocycles. The van der Waals surface area contributed by atoms with Crippen LogP contribution in [-0.4, -0.2) is 34.3 Å². The van der Waals surface area contributed by atoms with Gasteiger partial charge in [-0.15, -0.1) is 0 Å². The van der Waals surface area contributed by atoms with Crippen LogP contribution in [0.3, 0.4) is 0 Å². The van der Waals surface area contributed by atoms with E-state index in [-0.39, 0.29) is 33.1 Å². The van der Waals surface area contributed by atoms with Gasteiger partial charge in [0, 0.05) is 18.0 Å². The number of H-pyrrole nitrogens is 1. The summed E-state index contributed by atoms with van der Waals surface area (Å²) >= 11 is 12.5. The number of rotatable bonds is 7. The van der Waals surface area contributed by atoms with Gasteiger partial charge in [-0.05, 0) is 37.1 Å². The molecular formula is C21H15Cl2F2N5O6S. The van der Waals surface area contributed by atoms with E-state index in [9.17, 15) is 31.9 Å². The van der Waals surface area contributed by atoms with Gasteiger partial charge in [0.05, 0.1) is 21.8 Å². The van der Waals surface area contributed by atoms with Crippen molar-refractivity contribution in [2.45, 2.75) is 30.2 Å². The molecule has 3 aromatic rings. The smallest absolute Gasteiger partial charge is 0.349 e. The Labute approximate surface area is 216 Å². The molecule has 2 aromatic carbocycles. The number of hydrogen-bond donors (Lipinski definition) is 3. The van der Waals surface area contributed by atoms with Crippen molar-refractivity contribution in [2.24, 2.45) is 5.92 Å². The average molecular weight is 574 g/mol. The molecular weight excluding hydrogens is 559 g/mol. The molecule has 16 heteroatoms. The number of benzene rings is 2. The number of nitrogens with one attached hydrogen (secondary N) is 2. The molecule has 194 valence electrons. The number of aromatic hydroxyl groups is 1. The van der Waals surface area contributed by atoms with Gasteiger partial charge in [0.15, 0.2) is 11.4 Å². The van der Waals surface area contributed by atoms with E-state index < -0.39 is 50.1 Å². The molecule has 0 unspecified atom stereocenters. The average Bonchev–Trinajstić information content (AvgIpc) is 2.79. The lowest BCUT2D eigenvalue weighted by molar-refractivity contribution is 0.141. The molecule has 11 nitrogen and oxygen atoms in total. The number of nitriles is 1. The van der Waals surface area contributed by atoms with E-state index in [4.69, 9.17) is 33.2 Å². The largest absolute Gasteiger partial charge is 0.507 e. The Morgan fingerprint density at radius 3 is 2.46 bits per heavy atom. The zero-order chi connectivity index (χ0) is 27.1. The second-order valence-electron chi connectivity index (χ2n) is 7.94. The topological polar surface area (TPSA) is 167 Å². The minimum atomic E-state index is -4.17. The highest BCUT2D eigenvalue weighted by molar-refractivity contribution is 7.89. The van der Waals surface area contributed by atoms with Gasteiger partial charge in [-0.2, -0.15) is 15.0 Å². The van der Waals surface area contributed by atoms with Gasteiger partial charge >= 0.3 is 5.69 Å². The molecule has 3 N–H and O–H groups in total. The second kappa shape index (κ2) is 10.1. The van der Waals surface area contributed by atoms with Gasteiger partial charge in [-0.3, -0.25) is 9.78 Å². The van der Waals surface area contributed by atoms with Crippen molar-refractivity contribution in [1.82, 2.24) is 19.5 Å². The number of phenolic OH excluding ortho intramolecular Hbond substituents is 1. The van der Waals surface area contributed by atoms with Gasteiger partial charge in [-0.1, -0.05) is 23.2 Å². The molecule has 0 aliphatic heterocycles. The van der Waals surface area contributed by atoms with E-state index in [0.29, 0.717) is 17.5 Å². The van der Waals surface area contributed by atoms with E-state index in [1.165, 1.54) is 6.07 Å². The lowest BCUT2D eigenvalue weighted by Gasteiger charge is -2.30. The Balaban J connectivity index is 1.64.